The van der Waals surface area contributed by atoms with Crippen LogP contribution in [0, 0.1) is 0 Å². The molecule has 0 radical (unpaired) electrons. The summed E-state index contributed by atoms with van der Waals surface area (Å²) in [4.78, 5) is 25.2. The molecule has 1 aromatic rings. The van der Waals surface area contributed by atoms with E-state index in [1.807, 2.05) is 0 Å². The number of methoxy groups -OCH3 is 4. The maximum Gasteiger partial charge on any atom is 0.275 e. The third-order valence-corrected chi connectivity index (χ3v) is 4.55. The molecular weight excluding hydrogens is 392 g/mol. The van der Waals surface area contributed by atoms with Gasteiger partial charge in [-0.15, -0.1) is 0 Å². The number of nitrogens with zero attached hydrogens (tertiary/aromatic N) is 2. The third kappa shape index (κ3) is 4.23. The normalized spacial score (nSPS) is 10.8. The Morgan fingerprint density at radius 1 is 1.10 bits per heavy atom. The van der Waals surface area contributed by atoms with Crippen molar-refractivity contribution in [2.45, 2.75) is 13.0 Å². The smallest absolute Gasteiger partial charge is 0.275 e. The predicted octanol–water partition coefficient (Wildman–Crippen LogP) is 1.99. The van der Waals surface area contributed by atoms with Gasteiger partial charge in [0.15, 0.2) is 11.5 Å². The summed E-state index contributed by atoms with van der Waals surface area (Å²) in [5.74, 6) is 0.796. The zero-order chi connectivity index (χ0) is 21.7. The summed E-state index contributed by atoms with van der Waals surface area (Å²) < 4.78 is 22.8. The van der Waals surface area contributed by atoms with Gasteiger partial charge in [0.05, 0.1) is 32.5 Å². The van der Waals surface area contributed by atoms with Gasteiger partial charge in [0.2, 0.25) is 5.75 Å². The topological polar surface area (TPSA) is 117 Å². The number of benzene rings is 1. The minimum atomic E-state index is -0.429. The molecule has 2 aliphatic rings. The van der Waals surface area contributed by atoms with Gasteiger partial charge in [0, 0.05) is 50.5 Å². The summed E-state index contributed by atoms with van der Waals surface area (Å²) in [6.07, 6.45) is 4.06. The highest BCUT2D eigenvalue weighted by molar-refractivity contribution is 6.08. The summed E-state index contributed by atoms with van der Waals surface area (Å²) in [7, 11) is 6.10. The number of aromatic amines is 1. The Labute approximate surface area is 173 Å². The summed E-state index contributed by atoms with van der Waals surface area (Å²) >= 11 is 0. The van der Waals surface area contributed by atoms with Crippen molar-refractivity contribution < 1.29 is 23.7 Å². The lowest BCUT2D eigenvalue weighted by Gasteiger charge is -2.16. The van der Waals surface area contributed by atoms with Crippen LogP contribution in [-0.4, -0.2) is 55.7 Å². The molecular formula is C20H24N4O6. The standard InChI is InChI=1S/C20H24N4O6/c1-27-7-5-6-24-10-13(17-14(11-24)20(26)23-22-17)19(25)21-12-8-15(28-2)18(30-4)16(9-12)29-3/h8-11H,5-7H2,1-4H3,(H,21,25)(H,23,26). The van der Waals surface area contributed by atoms with Crippen LogP contribution < -0.4 is 25.1 Å². The van der Waals surface area contributed by atoms with E-state index in [0.29, 0.717) is 47.3 Å². The molecule has 0 bridgehead atoms. The van der Waals surface area contributed by atoms with Crippen LogP contribution in [0.15, 0.2) is 29.3 Å². The van der Waals surface area contributed by atoms with Gasteiger partial charge < -0.3 is 28.8 Å². The van der Waals surface area contributed by atoms with Crippen molar-refractivity contribution >= 4 is 11.6 Å². The Morgan fingerprint density at radius 2 is 1.80 bits per heavy atom. The van der Waals surface area contributed by atoms with Gasteiger partial charge in [-0.2, -0.15) is 5.10 Å². The van der Waals surface area contributed by atoms with E-state index in [1.54, 1.807) is 36.2 Å². The summed E-state index contributed by atoms with van der Waals surface area (Å²) in [5, 5.41) is 9.22. The average Bonchev–Trinajstić information content (AvgIpc) is 3.13. The molecule has 1 amide bonds. The largest absolute Gasteiger partial charge is 0.493 e. The predicted molar refractivity (Wildman–Crippen MR) is 110 cm³/mol. The van der Waals surface area contributed by atoms with Crippen molar-refractivity contribution in [3.8, 4) is 28.5 Å². The van der Waals surface area contributed by atoms with Crippen molar-refractivity contribution in [1.29, 1.82) is 0 Å². The fourth-order valence-corrected chi connectivity index (χ4v) is 3.13. The number of hydrogen-bond acceptors (Lipinski definition) is 7. The number of carbonyl (C=O) groups is 1. The van der Waals surface area contributed by atoms with Crippen LogP contribution in [-0.2, 0) is 11.3 Å². The number of pyridine rings is 1. The van der Waals surface area contributed by atoms with Crippen LogP contribution in [0.25, 0.3) is 11.3 Å². The van der Waals surface area contributed by atoms with E-state index in [4.69, 9.17) is 18.9 Å². The number of rotatable bonds is 9. The molecule has 3 rings (SSSR count). The van der Waals surface area contributed by atoms with Gasteiger partial charge in [0.1, 0.15) is 5.69 Å². The monoisotopic (exact) mass is 416 g/mol. The van der Waals surface area contributed by atoms with Crippen molar-refractivity contribution in [1.82, 2.24) is 14.8 Å². The molecule has 10 nitrogen and oxygen atoms in total. The number of ether oxygens (including phenoxy) is 4. The number of hydrogen-bond donors (Lipinski definition) is 2. The second-order valence-electron chi connectivity index (χ2n) is 6.44. The maximum absolute atomic E-state index is 13.1. The SMILES string of the molecule is COCCCn1cc(C(=O)Nc2cc(OC)c(OC)c(OC)c2)c2n[nH]c(=O)c-2c1. The first kappa shape index (κ1) is 21.2. The molecule has 30 heavy (non-hydrogen) atoms. The van der Waals surface area contributed by atoms with Crippen LogP contribution in [0.3, 0.4) is 0 Å². The number of amides is 1. The molecule has 2 aliphatic heterocycles. The summed E-state index contributed by atoms with van der Waals surface area (Å²) in [5.41, 5.74) is 0.984. The molecule has 0 fully saturated rings. The summed E-state index contributed by atoms with van der Waals surface area (Å²) in [6.45, 7) is 1.15. The van der Waals surface area contributed by atoms with Gasteiger partial charge in [-0.3, -0.25) is 9.59 Å². The fourth-order valence-electron chi connectivity index (χ4n) is 3.13. The molecule has 0 saturated carbocycles. The first-order chi connectivity index (χ1) is 14.5. The van der Waals surface area contributed by atoms with E-state index in [2.05, 4.69) is 15.5 Å². The second-order valence-corrected chi connectivity index (χ2v) is 6.44. The van der Waals surface area contributed by atoms with Crippen molar-refractivity contribution in [3.63, 3.8) is 0 Å². The van der Waals surface area contributed by atoms with Gasteiger partial charge in [0.25, 0.3) is 11.5 Å². The van der Waals surface area contributed by atoms with E-state index in [-0.39, 0.29) is 11.1 Å². The van der Waals surface area contributed by atoms with Crippen LogP contribution in [0.2, 0.25) is 0 Å². The van der Waals surface area contributed by atoms with Crippen molar-refractivity contribution in [3.05, 3.63) is 40.4 Å². The summed E-state index contributed by atoms with van der Waals surface area (Å²) in [6, 6.07) is 3.24. The molecule has 0 aliphatic carbocycles. The number of H-pyrrole nitrogens is 1. The molecule has 2 heterocycles. The molecule has 160 valence electrons. The van der Waals surface area contributed by atoms with Gasteiger partial charge >= 0.3 is 0 Å². The zero-order valence-electron chi connectivity index (χ0n) is 17.3. The molecule has 0 unspecified atom stereocenters. The highest BCUT2D eigenvalue weighted by Crippen LogP contribution is 2.40. The average molecular weight is 416 g/mol. The number of aromatic nitrogens is 3. The Balaban J connectivity index is 1.96. The Kier molecular flexibility index (Phi) is 6.58. The highest BCUT2D eigenvalue weighted by atomic mass is 16.5. The van der Waals surface area contributed by atoms with Crippen molar-refractivity contribution in [2.24, 2.45) is 0 Å². The zero-order valence-corrected chi connectivity index (χ0v) is 17.3. The second kappa shape index (κ2) is 9.31. The quantitative estimate of drug-likeness (QED) is 0.512. The molecule has 0 atom stereocenters. The minimum Gasteiger partial charge on any atom is -0.493 e. The Bertz CT molecular complexity index is 1030. The lowest BCUT2D eigenvalue weighted by Crippen LogP contribution is -2.17. The number of fused-ring (bicyclic) bond motifs is 1. The van der Waals surface area contributed by atoms with Gasteiger partial charge in [-0.25, -0.2) is 5.10 Å². The molecule has 0 saturated heterocycles. The van der Waals surface area contributed by atoms with E-state index in [9.17, 15) is 9.59 Å². The Morgan fingerprint density at radius 3 is 2.40 bits per heavy atom. The molecule has 1 aromatic carbocycles. The van der Waals surface area contributed by atoms with Gasteiger partial charge in [-0.1, -0.05) is 0 Å². The van der Waals surface area contributed by atoms with Crippen LogP contribution in [0.5, 0.6) is 17.2 Å². The van der Waals surface area contributed by atoms with Crippen LogP contribution in [0.1, 0.15) is 16.8 Å². The molecule has 0 spiro atoms. The maximum atomic E-state index is 13.1. The lowest BCUT2D eigenvalue weighted by molar-refractivity contribution is 0.102. The highest BCUT2D eigenvalue weighted by Gasteiger charge is 2.22. The lowest BCUT2D eigenvalue weighted by atomic mass is 10.1. The fraction of sp³-hybridized carbons (Fsp3) is 0.350. The molecule has 2 N–H and O–H groups in total. The van der Waals surface area contributed by atoms with Crippen LogP contribution >= 0.6 is 0 Å². The Hall–Kier alpha value is -3.53. The molecule has 0 aromatic heterocycles. The van der Waals surface area contributed by atoms with Crippen molar-refractivity contribution in [2.75, 3.05) is 40.4 Å². The van der Waals surface area contributed by atoms with E-state index >= 15 is 0 Å². The minimum absolute atomic E-state index is 0.261. The number of anilines is 1. The first-order valence-corrected chi connectivity index (χ1v) is 9.20. The number of carbonyl (C=O) groups excluding carboxylic acids is 1. The third-order valence-electron chi connectivity index (χ3n) is 4.55. The van der Waals surface area contributed by atoms with Gasteiger partial charge in [-0.05, 0) is 6.42 Å². The first-order valence-electron chi connectivity index (χ1n) is 9.20. The van der Waals surface area contributed by atoms with Crippen LogP contribution in [0.4, 0.5) is 5.69 Å². The molecule has 10 heteroatoms. The number of nitrogens with one attached hydrogen (secondary N) is 2. The van der Waals surface area contributed by atoms with E-state index in [1.165, 1.54) is 21.3 Å². The van der Waals surface area contributed by atoms with E-state index in [0.717, 1.165) is 6.42 Å². The van der Waals surface area contributed by atoms with E-state index < -0.39 is 5.91 Å². The number of aryl methyl sites for hydroxylation is 1.